The summed E-state index contributed by atoms with van der Waals surface area (Å²) < 4.78 is 13.7. The van der Waals surface area contributed by atoms with E-state index in [1.54, 1.807) is 0 Å². The number of fused-ring (bicyclic) bond motifs is 1. The van der Waals surface area contributed by atoms with E-state index in [-0.39, 0.29) is 6.10 Å². The quantitative estimate of drug-likeness (QED) is 0.803. The molecule has 1 aliphatic heterocycles. The van der Waals surface area contributed by atoms with E-state index in [1.165, 1.54) is 0 Å². The van der Waals surface area contributed by atoms with Crippen LogP contribution >= 0.6 is 11.6 Å². The fraction of sp³-hybridized carbons (Fsp3) is 0.562. The highest BCUT2D eigenvalue weighted by Crippen LogP contribution is 2.32. The number of imidazole rings is 1. The second-order valence-electron chi connectivity index (χ2n) is 5.69. The normalized spacial score (nSPS) is 19.3. The van der Waals surface area contributed by atoms with Crippen LogP contribution in [0.2, 0.25) is 0 Å². The van der Waals surface area contributed by atoms with Crippen molar-refractivity contribution in [1.82, 2.24) is 9.55 Å². The molecule has 3 rings (SSSR count). The molecule has 1 aromatic carbocycles. The molecule has 0 spiro atoms. The van der Waals surface area contributed by atoms with Gasteiger partial charge in [0.25, 0.3) is 0 Å². The molecule has 5 heteroatoms. The molecule has 1 fully saturated rings. The van der Waals surface area contributed by atoms with Gasteiger partial charge < -0.3 is 14.0 Å². The van der Waals surface area contributed by atoms with Crippen molar-refractivity contribution < 1.29 is 9.47 Å². The largest absolute Gasteiger partial charge is 0.489 e. The van der Waals surface area contributed by atoms with Crippen LogP contribution in [0.4, 0.5) is 0 Å². The molecule has 114 valence electrons. The fourth-order valence-corrected chi connectivity index (χ4v) is 3.11. The first-order valence-electron chi connectivity index (χ1n) is 7.51. The van der Waals surface area contributed by atoms with Gasteiger partial charge in [0, 0.05) is 6.61 Å². The van der Waals surface area contributed by atoms with Crippen LogP contribution in [0.1, 0.15) is 38.6 Å². The van der Waals surface area contributed by atoms with Gasteiger partial charge in [-0.2, -0.15) is 0 Å². The lowest BCUT2D eigenvalue weighted by atomic mass is 10.1. The maximum Gasteiger partial charge on any atom is 0.147 e. The van der Waals surface area contributed by atoms with Crippen molar-refractivity contribution >= 4 is 22.6 Å². The number of hydrogen-bond donors (Lipinski definition) is 0. The van der Waals surface area contributed by atoms with Crippen molar-refractivity contribution in [1.29, 1.82) is 0 Å². The minimum atomic E-state index is 0.123. The van der Waals surface area contributed by atoms with E-state index in [0.29, 0.717) is 11.9 Å². The number of hydrogen-bond acceptors (Lipinski definition) is 3. The molecule has 2 heterocycles. The highest BCUT2D eigenvalue weighted by atomic mass is 35.5. The lowest BCUT2D eigenvalue weighted by Crippen LogP contribution is -2.22. The molecule has 0 radical (unpaired) electrons. The van der Waals surface area contributed by atoms with Crippen LogP contribution in [0.25, 0.3) is 11.0 Å². The number of benzene rings is 1. The van der Waals surface area contributed by atoms with Gasteiger partial charge in [0.2, 0.25) is 0 Å². The Morgan fingerprint density at radius 1 is 1.48 bits per heavy atom. The molecule has 1 atom stereocenters. The zero-order valence-electron chi connectivity index (χ0n) is 12.5. The molecule has 1 aliphatic rings. The molecule has 0 N–H and O–H groups in total. The van der Waals surface area contributed by atoms with E-state index in [9.17, 15) is 0 Å². The van der Waals surface area contributed by atoms with E-state index in [0.717, 1.165) is 48.7 Å². The van der Waals surface area contributed by atoms with Crippen LogP contribution in [0.15, 0.2) is 18.2 Å². The highest BCUT2D eigenvalue weighted by Gasteiger charge is 2.23. The molecule has 21 heavy (non-hydrogen) atoms. The second kappa shape index (κ2) is 6.24. The van der Waals surface area contributed by atoms with Gasteiger partial charge in [0.05, 0.1) is 30.1 Å². The number of alkyl halides is 1. The third kappa shape index (κ3) is 2.87. The first kappa shape index (κ1) is 14.7. The number of halogens is 1. The third-order valence-corrected chi connectivity index (χ3v) is 3.98. The Morgan fingerprint density at radius 2 is 2.33 bits per heavy atom. The monoisotopic (exact) mass is 308 g/mol. The second-order valence-corrected chi connectivity index (χ2v) is 5.96. The summed E-state index contributed by atoms with van der Waals surface area (Å²) in [4.78, 5) is 4.71. The van der Waals surface area contributed by atoms with Crippen LogP contribution in [0.5, 0.6) is 5.75 Å². The fourth-order valence-electron chi connectivity index (χ4n) is 2.92. The lowest BCUT2D eigenvalue weighted by molar-refractivity contribution is 0.0597. The standard InChI is InChI=1S/C16H21ClN2O2/c1-11(2)21-14-7-3-6-13-16(14)18-15(9-17)19(13)12-5-4-8-20-10-12/h3,6-7,11-12H,4-5,8-10H2,1-2H3. The maximum absolute atomic E-state index is 6.12. The zero-order valence-corrected chi connectivity index (χ0v) is 13.3. The molecule has 0 saturated carbocycles. The van der Waals surface area contributed by atoms with Gasteiger partial charge in [0.15, 0.2) is 0 Å². The first-order chi connectivity index (χ1) is 10.2. The molecule has 4 nitrogen and oxygen atoms in total. The Morgan fingerprint density at radius 3 is 3.00 bits per heavy atom. The predicted molar refractivity (Wildman–Crippen MR) is 84.1 cm³/mol. The predicted octanol–water partition coefficient (Wildman–Crippen LogP) is 3.91. The van der Waals surface area contributed by atoms with Gasteiger partial charge in [-0.25, -0.2) is 4.98 Å². The summed E-state index contributed by atoms with van der Waals surface area (Å²) >= 11 is 6.12. The number of aromatic nitrogens is 2. The van der Waals surface area contributed by atoms with Gasteiger partial charge in [0.1, 0.15) is 17.1 Å². The van der Waals surface area contributed by atoms with Gasteiger partial charge in [-0.3, -0.25) is 0 Å². The van der Waals surface area contributed by atoms with Crippen molar-refractivity contribution in [2.24, 2.45) is 0 Å². The van der Waals surface area contributed by atoms with Crippen LogP contribution in [0, 0.1) is 0 Å². The molecule has 0 aliphatic carbocycles. The van der Waals surface area contributed by atoms with Crippen molar-refractivity contribution in [3.63, 3.8) is 0 Å². The molecule has 0 amide bonds. The average Bonchev–Trinajstić information content (AvgIpc) is 2.87. The Hall–Kier alpha value is -1.26. The van der Waals surface area contributed by atoms with Crippen molar-refractivity contribution in [2.45, 2.75) is 44.7 Å². The van der Waals surface area contributed by atoms with Crippen molar-refractivity contribution in [2.75, 3.05) is 13.2 Å². The van der Waals surface area contributed by atoms with E-state index < -0.39 is 0 Å². The summed E-state index contributed by atoms with van der Waals surface area (Å²) in [6, 6.07) is 6.38. The SMILES string of the molecule is CC(C)Oc1cccc2c1nc(CCl)n2C1CCCOC1. The molecule has 1 aromatic heterocycles. The molecule has 2 aromatic rings. The summed E-state index contributed by atoms with van der Waals surface area (Å²) in [6.07, 6.45) is 2.30. The van der Waals surface area contributed by atoms with Gasteiger partial charge >= 0.3 is 0 Å². The van der Waals surface area contributed by atoms with Gasteiger partial charge in [-0.05, 0) is 38.8 Å². The van der Waals surface area contributed by atoms with E-state index in [4.69, 9.17) is 26.1 Å². The Bertz CT molecular complexity index is 618. The van der Waals surface area contributed by atoms with Crippen molar-refractivity contribution in [3.8, 4) is 5.75 Å². The molecular formula is C16H21ClN2O2. The Labute approximate surface area is 130 Å². The topological polar surface area (TPSA) is 36.3 Å². The molecule has 1 unspecified atom stereocenters. The summed E-state index contributed by atoms with van der Waals surface area (Å²) in [5, 5.41) is 0. The maximum atomic E-state index is 6.12. The molecule has 1 saturated heterocycles. The van der Waals surface area contributed by atoms with Crippen molar-refractivity contribution in [3.05, 3.63) is 24.0 Å². The lowest BCUT2D eigenvalue weighted by Gasteiger charge is -2.25. The first-order valence-corrected chi connectivity index (χ1v) is 8.04. The van der Waals surface area contributed by atoms with E-state index in [2.05, 4.69) is 10.6 Å². The highest BCUT2D eigenvalue weighted by molar-refractivity contribution is 6.16. The Kier molecular flexibility index (Phi) is 4.36. The third-order valence-electron chi connectivity index (χ3n) is 3.74. The van der Waals surface area contributed by atoms with E-state index in [1.807, 2.05) is 26.0 Å². The minimum Gasteiger partial charge on any atom is -0.489 e. The summed E-state index contributed by atoms with van der Waals surface area (Å²) in [6.45, 7) is 5.62. The van der Waals surface area contributed by atoms with Crippen LogP contribution in [-0.4, -0.2) is 28.9 Å². The van der Waals surface area contributed by atoms with Gasteiger partial charge in [-0.1, -0.05) is 6.07 Å². The van der Waals surface area contributed by atoms with Gasteiger partial charge in [-0.15, -0.1) is 11.6 Å². The number of ether oxygens (including phenoxy) is 2. The van der Waals surface area contributed by atoms with Crippen LogP contribution < -0.4 is 4.74 Å². The number of para-hydroxylation sites is 1. The zero-order chi connectivity index (χ0) is 14.8. The average molecular weight is 309 g/mol. The number of rotatable bonds is 4. The molecule has 0 bridgehead atoms. The summed E-state index contributed by atoms with van der Waals surface area (Å²) in [5.41, 5.74) is 1.98. The molecular weight excluding hydrogens is 288 g/mol. The van der Waals surface area contributed by atoms with Crippen LogP contribution in [0.3, 0.4) is 0 Å². The van der Waals surface area contributed by atoms with Crippen LogP contribution in [-0.2, 0) is 10.6 Å². The minimum absolute atomic E-state index is 0.123. The summed E-state index contributed by atoms with van der Waals surface area (Å²) in [7, 11) is 0. The Balaban J connectivity index is 2.09. The van der Waals surface area contributed by atoms with E-state index >= 15 is 0 Å². The number of nitrogens with zero attached hydrogens (tertiary/aromatic N) is 2. The summed E-state index contributed by atoms with van der Waals surface area (Å²) in [5.74, 6) is 2.11. The smallest absolute Gasteiger partial charge is 0.147 e.